The van der Waals surface area contributed by atoms with Gasteiger partial charge in [0.1, 0.15) is 5.82 Å². The molecule has 0 unspecified atom stereocenters. The van der Waals surface area contributed by atoms with Gasteiger partial charge in [-0.1, -0.05) is 29.4 Å². The largest absolute Gasteiger partial charge is 0.326 e. The molecule has 0 spiro atoms. The summed E-state index contributed by atoms with van der Waals surface area (Å²) in [6.07, 6.45) is 0.0494. The van der Waals surface area contributed by atoms with Crippen molar-refractivity contribution in [3.8, 4) is 0 Å². The monoisotopic (exact) mass is 478 g/mol. The van der Waals surface area contributed by atoms with Crippen LogP contribution in [0.15, 0.2) is 23.4 Å². The molecule has 1 atom stereocenters. The summed E-state index contributed by atoms with van der Waals surface area (Å²) >= 11 is 8.82. The third-order valence-electron chi connectivity index (χ3n) is 4.61. The predicted octanol–water partition coefficient (Wildman–Crippen LogP) is 4.15. The first-order valence-corrected chi connectivity index (χ1v) is 11.6. The number of nitrogens with zero attached hydrogens (tertiary/aromatic N) is 4. The van der Waals surface area contributed by atoms with Crippen molar-refractivity contribution in [3.63, 3.8) is 0 Å². The van der Waals surface area contributed by atoms with E-state index in [1.165, 1.54) is 23.1 Å². The number of nitrogens with one attached hydrogen (secondary N) is 2. The van der Waals surface area contributed by atoms with Crippen molar-refractivity contribution in [1.82, 2.24) is 19.7 Å². The summed E-state index contributed by atoms with van der Waals surface area (Å²) in [5.74, 6) is 0.0987. The number of carbonyl (C=O) groups excluding carboxylic acids is 2. The van der Waals surface area contributed by atoms with Gasteiger partial charge in [0.2, 0.25) is 11.8 Å². The molecular weight excluding hydrogens is 456 g/mol. The summed E-state index contributed by atoms with van der Waals surface area (Å²) in [6.45, 7) is 7.55. The van der Waals surface area contributed by atoms with Gasteiger partial charge in [0, 0.05) is 22.6 Å². The van der Waals surface area contributed by atoms with E-state index in [9.17, 15) is 9.59 Å². The lowest BCUT2D eigenvalue weighted by Gasteiger charge is -2.10. The van der Waals surface area contributed by atoms with E-state index in [-0.39, 0.29) is 18.2 Å². The first-order valence-electron chi connectivity index (χ1n) is 9.50. The first-order chi connectivity index (χ1) is 14.6. The summed E-state index contributed by atoms with van der Waals surface area (Å²) in [5.41, 5.74) is 2.47. The van der Waals surface area contributed by atoms with Crippen molar-refractivity contribution in [2.45, 2.75) is 44.5 Å². The fourth-order valence-electron chi connectivity index (χ4n) is 2.57. The van der Waals surface area contributed by atoms with Crippen LogP contribution in [-0.2, 0) is 23.1 Å². The Hall–Kier alpha value is -2.43. The number of hydrogen-bond acceptors (Lipinski definition) is 7. The number of aryl methyl sites for hydroxylation is 3. The van der Waals surface area contributed by atoms with Crippen LogP contribution in [0.3, 0.4) is 0 Å². The normalized spacial score (nSPS) is 11.9. The summed E-state index contributed by atoms with van der Waals surface area (Å²) in [6, 6.07) is 5.34. The Morgan fingerprint density at radius 3 is 2.61 bits per heavy atom. The zero-order valence-corrected chi connectivity index (χ0v) is 20.2. The quantitative estimate of drug-likeness (QED) is 0.494. The van der Waals surface area contributed by atoms with Gasteiger partial charge in [-0.3, -0.25) is 9.59 Å². The molecule has 0 aliphatic carbocycles. The average Bonchev–Trinajstić information content (AvgIpc) is 3.20. The smallest absolute Gasteiger partial charge is 0.239 e. The fraction of sp³-hybridized carbons (Fsp3) is 0.350. The van der Waals surface area contributed by atoms with E-state index in [4.69, 9.17) is 11.6 Å². The van der Waals surface area contributed by atoms with Gasteiger partial charge in [0.05, 0.1) is 17.4 Å². The molecule has 164 valence electrons. The molecule has 0 aliphatic heterocycles. The molecule has 31 heavy (non-hydrogen) atoms. The van der Waals surface area contributed by atoms with Gasteiger partial charge in [-0.15, -0.1) is 21.5 Å². The minimum absolute atomic E-state index is 0.0494. The lowest BCUT2D eigenvalue weighted by atomic mass is 10.2. The van der Waals surface area contributed by atoms with E-state index in [0.717, 1.165) is 16.1 Å². The van der Waals surface area contributed by atoms with E-state index in [0.29, 0.717) is 26.8 Å². The number of carbonyl (C=O) groups is 2. The Bertz CT molecular complexity index is 1110. The third kappa shape index (κ3) is 5.84. The van der Waals surface area contributed by atoms with Crippen molar-refractivity contribution in [2.75, 3.05) is 10.6 Å². The topological polar surface area (TPSA) is 102 Å². The highest BCUT2D eigenvalue weighted by Gasteiger charge is 2.21. The number of halogens is 1. The highest BCUT2D eigenvalue weighted by molar-refractivity contribution is 8.00. The number of aromatic nitrogens is 4. The summed E-state index contributed by atoms with van der Waals surface area (Å²) < 4.78 is 1.72. The molecule has 8 nitrogen and oxygen atoms in total. The Labute approximate surface area is 193 Å². The zero-order chi connectivity index (χ0) is 22.7. The molecule has 0 saturated carbocycles. The SMILES string of the molecule is Cc1ccc(NC(=O)Cc2nnc(S[C@H](C)C(=O)Nc3nc(C)c(C)s3)n2C)cc1Cl. The van der Waals surface area contributed by atoms with Crippen molar-refractivity contribution in [1.29, 1.82) is 0 Å². The van der Waals surface area contributed by atoms with Gasteiger partial charge in [0.25, 0.3) is 0 Å². The molecule has 3 aromatic rings. The molecule has 0 aliphatic rings. The van der Waals surface area contributed by atoms with E-state index in [2.05, 4.69) is 25.8 Å². The second-order valence-corrected chi connectivity index (χ2v) is 9.98. The Morgan fingerprint density at radius 1 is 1.23 bits per heavy atom. The average molecular weight is 479 g/mol. The Kier molecular flexibility index (Phi) is 7.34. The molecule has 2 N–H and O–H groups in total. The van der Waals surface area contributed by atoms with Crippen LogP contribution < -0.4 is 10.6 Å². The number of benzene rings is 1. The highest BCUT2D eigenvalue weighted by atomic mass is 35.5. The molecule has 3 rings (SSSR count). The summed E-state index contributed by atoms with van der Waals surface area (Å²) in [5, 5.41) is 15.2. The van der Waals surface area contributed by atoms with Gasteiger partial charge >= 0.3 is 0 Å². The molecule has 0 saturated heterocycles. The van der Waals surface area contributed by atoms with E-state index < -0.39 is 5.25 Å². The van der Waals surface area contributed by atoms with Crippen LogP contribution in [-0.4, -0.2) is 36.8 Å². The van der Waals surface area contributed by atoms with Gasteiger partial charge in [0.15, 0.2) is 10.3 Å². The number of thioether (sulfide) groups is 1. The maximum absolute atomic E-state index is 12.5. The number of anilines is 2. The van der Waals surface area contributed by atoms with E-state index in [1.807, 2.05) is 26.8 Å². The number of amides is 2. The molecule has 2 heterocycles. The summed E-state index contributed by atoms with van der Waals surface area (Å²) in [7, 11) is 1.77. The van der Waals surface area contributed by atoms with Crippen molar-refractivity contribution >= 4 is 57.3 Å². The minimum atomic E-state index is -0.413. The van der Waals surface area contributed by atoms with Crippen LogP contribution >= 0.6 is 34.7 Å². The van der Waals surface area contributed by atoms with Crippen molar-refractivity contribution < 1.29 is 9.59 Å². The van der Waals surface area contributed by atoms with Gasteiger partial charge in [-0.05, 0) is 45.4 Å². The molecule has 0 bridgehead atoms. The van der Waals surface area contributed by atoms with Gasteiger partial charge < -0.3 is 15.2 Å². The first kappa shape index (κ1) is 23.2. The maximum Gasteiger partial charge on any atom is 0.239 e. The highest BCUT2D eigenvalue weighted by Crippen LogP contribution is 2.25. The Balaban J connectivity index is 1.59. The fourth-order valence-corrected chi connectivity index (χ4v) is 4.40. The van der Waals surface area contributed by atoms with E-state index >= 15 is 0 Å². The lowest BCUT2D eigenvalue weighted by Crippen LogP contribution is -2.23. The van der Waals surface area contributed by atoms with Crippen LogP contribution in [0.2, 0.25) is 5.02 Å². The zero-order valence-electron chi connectivity index (χ0n) is 17.8. The predicted molar refractivity (Wildman–Crippen MR) is 125 cm³/mol. The lowest BCUT2D eigenvalue weighted by molar-refractivity contribution is -0.116. The molecular formula is C20H23ClN6O2S2. The maximum atomic E-state index is 12.5. The number of rotatable bonds is 7. The van der Waals surface area contributed by atoms with Crippen LogP contribution in [0, 0.1) is 20.8 Å². The number of hydrogen-bond donors (Lipinski definition) is 2. The third-order valence-corrected chi connectivity index (χ3v) is 7.14. The van der Waals surface area contributed by atoms with E-state index in [1.54, 1.807) is 30.7 Å². The van der Waals surface area contributed by atoms with Crippen LogP contribution in [0.25, 0.3) is 0 Å². The molecule has 1 aromatic carbocycles. The van der Waals surface area contributed by atoms with Gasteiger partial charge in [-0.25, -0.2) is 4.98 Å². The van der Waals surface area contributed by atoms with Crippen LogP contribution in [0.4, 0.5) is 10.8 Å². The van der Waals surface area contributed by atoms with Crippen LogP contribution in [0.1, 0.15) is 28.9 Å². The summed E-state index contributed by atoms with van der Waals surface area (Å²) in [4.78, 5) is 30.3. The molecule has 2 amide bonds. The Morgan fingerprint density at radius 2 is 1.97 bits per heavy atom. The second-order valence-electron chi connectivity index (χ2n) is 7.06. The molecule has 0 fully saturated rings. The van der Waals surface area contributed by atoms with Gasteiger partial charge in [-0.2, -0.15) is 0 Å². The standard InChI is InChI=1S/C20H23ClN6O2S2/c1-10-6-7-14(8-15(10)21)23-17(28)9-16-25-26-20(27(16)5)31-13(4)18(29)24-19-22-11(2)12(3)30-19/h6-8,13H,9H2,1-5H3,(H,23,28)(H,22,24,29)/t13-/m1/s1. The van der Waals surface area contributed by atoms with Crippen LogP contribution in [0.5, 0.6) is 0 Å². The second kappa shape index (κ2) is 9.80. The molecule has 11 heteroatoms. The minimum Gasteiger partial charge on any atom is -0.326 e. The molecule has 2 aromatic heterocycles. The number of thiazole rings is 1. The van der Waals surface area contributed by atoms with Crippen molar-refractivity contribution in [3.05, 3.63) is 45.2 Å². The molecule has 0 radical (unpaired) electrons. The van der Waals surface area contributed by atoms with Crippen molar-refractivity contribution in [2.24, 2.45) is 7.05 Å².